The van der Waals surface area contributed by atoms with Crippen LogP contribution in [0.1, 0.15) is 12.0 Å². The van der Waals surface area contributed by atoms with Gasteiger partial charge in [0.1, 0.15) is 0 Å². The van der Waals surface area contributed by atoms with Crippen molar-refractivity contribution in [2.24, 2.45) is 5.92 Å². The fourth-order valence-electron chi connectivity index (χ4n) is 2.84. The third kappa shape index (κ3) is 4.65. The van der Waals surface area contributed by atoms with Gasteiger partial charge in [0.25, 0.3) is 5.91 Å². The molecule has 0 radical (unpaired) electrons. The molecule has 2 aromatic carbocycles. The van der Waals surface area contributed by atoms with E-state index in [1.807, 2.05) is 31.2 Å². The zero-order valence-corrected chi connectivity index (χ0v) is 15.5. The Kier molecular flexibility index (Phi) is 5.76. The van der Waals surface area contributed by atoms with Gasteiger partial charge in [-0.05, 0) is 31.2 Å². The Morgan fingerprint density at radius 3 is 2.59 bits per heavy atom. The average molecular weight is 387 g/mol. The number of hydrogen-bond donors (Lipinski definition) is 1. The molecule has 1 fully saturated rings. The Labute approximate surface area is 162 Å². The molecule has 140 valence electrons. The average Bonchev–Trinajstić information content (AvgIpc) is 3.04. The summed E-state index contributed by atoms with van der Waals surface area (Å²) in [5.74, 6) is -1.78. The largest absolute Gasteiger partial charge is 0.455 e. The molecule has 0 spiro atoms. The second-order valence-corrected chi connectivity index (χ2v) is 6.78. The van der Waals surface area contributed by atoms with E-state index in [0.717, 1.165) is 11.3 Å². The van der Waals surface area contributed by atoms with Gasteiger partial charge in [-0.1, -0.05) is 41.4 Å². The molecule has 1 saturated heterocycles. The van der Waals surface area contributed by atoms with Crippen LogP contribution in [-0.2, 0) is 19.1 Å². The molecular weight excluding hydrogens is 368 g/mol. The number of carbonyl (C=O) groups is 3. The Morgan fingerprint density at radius 1 is 1.19 bits per heavy atom. The number of amides is 2. The first-order valence-electron chi connectivity index (χ1n) is 8.52. The monoisotopic (exact) mass is 386 g/mol. The first kappa shape index (κ1) is 18.9. The Hall–Kier alpha value is -2.86. The normalized spacial score (nSPS) is 16.3. The zero-order chi connectivity index (χ0) is 19.4. The number of nitrogens with zero attached hydrogens (tertiary/aromatic N) is 1. The van der Waals surface area contributed by atoms with Gasteiger partial charge in [-0.2, -0.15) is 0 Å². The number of para-hydroxylation sites is 1. The summed E-state index contributed by atoms with van der Waals surface area (Å²) in [6.45, 7) is 1.77. The van der Waals surface area contributed by atoms with Crippen LogP contribution >= 0.6 is 11.6 Å². The maximum atomic E-state index is 12.2. The van der Waals surface area contributed by atoms with Crippen molar-refractivity contribution < 1.29 is 19.1 Å². The highest BCUT2D eigenvalue weighted by Gasteiger charge is 2.36. The minimum Gasteiger partial charge on any atom is -0.455 e. The van der Waals surface area contributed by atoms with Crippen LogP contribution < -0.4 is 10.2 Å². The maximum absolute atomic E-state index is 12.2. The van der Waals surface area contributed by atoms with E-state index in [1.165, 1.54) is 0 Å². The van der Waals surface area contributed by atoms with Crippen molar-refractivity contribution in [2.75, 3.05) is 23.4 Å². The zero-order valence-electron chi connectivity index (χ0n) is 14.8. The number of nitrogens with one attached hydrogen (secondary N) is 1. The van der Waals surface area contributed by atoms with Gasteiger partial charge in [0.05, 0.1) is 16.6 Å². The molecule has 3 rings (SSSR count). The van der Waals surface area contributed by atoms with E-state index in [4.69, 9.17) is 16.3 Å². The van der Waals surface area contributed by atoms with Crippen molar-refractivity contribution in [3.05, 3.63) is 59.1 Å². The van der Waals surface area contributed by atoms with E-state index < -0.39 is 24.4 Å². The van der Waals surface area contributed by atoms with Crippen molar-refractivity contribution in [3.63, 3.8) is 0 Å². The van der Waals surface area contributed by atoms with Gasteiger partial charge < -0.3 is 15.0 Å². The summed E-state index contributed by atoms with van der Waals surface area (Å²) in [6.07, 6.45) is 0.0683. The van der Waals surface area contributed by atoms with Crippen LogP contribution in [0.15, 0.2) is 48.5 Å². The number of anilines is 2. The number of halogens is 1. The molecule has 7 heteroatoms. The van der Waals surface area contributed by atoms with Crippen molar-refractivity contribution in [1.82, 2.24) is 0 Å². The van der Waals surface area contributed by atoms with Gasteiger partial charge in [0.15, 0.2) is 6.61 Å². The lowest BCUT2D eigenvalue weighted by Crippen LogP contribution is -2.28. The molecule has 1 N–H and O–H groups in total. The summed E-state index contributed by atoms with van der Waals surface area (Å²) in [7, 11) is 0. The molecule has 6 nitrogen and oxygen atoms in total. The number of aryl methyl sites for hydroxylation is 1. The minimum absolute atomic E-state index is 0.0683. The van der Waals surface area contributed by atoms with Gasteiger partial charge in [0.2, 0.25) is 5.91 Å². The number of carbonyl (C=O) groups excluding carboxylic acids is 3. The van der Waals surface area contributed by atoms with Crippen molar-refractivity contribution in [2.45, 2.75) is 13.3 Å². The van der Waals surface area contributed by atoms with Crippen molar-refractivity contribution >= 4 is 40.8 Å². The highest BCUT2D eigenvalue weighted by Crippen LogP contribution is 2.26. The number of ether oxygens (including phenoxy) is 1. The van der Waals surface area contributed by atoms with Gasteiger partial charge in [-0.3, -0.25) is 14.4 Å². The van der Waals surface area contributed by atoms with E-state index in [1.54, 1.807) is 29.2 Å². The Bertz CT molecular complexity index is 867. The number of rotatable bonds is 5. The highest BCUT2D eigenvalue weighted by molar-refractivity contribution is 6.33. The molecule has 0 bridgehead atoms. The molecule has 0 aromatic heterocycles. The van der Waals surface area contributed by atoms with Gasteiger partial charge >= 0.3 is 5.97 Å². The highest BCUT2D eigenvalue weighted by atomic mass is 35.5. The van der Waals surface area contributed by atoms with Gasteiger partial charge in [-0.25, -0.2) is 0 Å². The van der Waals surface area contributed by atoms with Crippen molar-refractivity contribution in [1.29, 1.82) is 0 Å². The lowest BCUT2D eigenvalue weighted by Gasteiger charge is -2.16. The first-order valence-corrected chi connectivity index (χ1v) is 8.90. The number of benzene rings is 2. The predicted octanol–water partition coefficient (Wildman–Crippen LogP) is 3.18. The topological polar surface area (TPSA) is 75.7 Å². The summed E-state index contributed by atoms with van der Waals surface area (Å²) < 4.78 is 5.08. The molecule has 2 aromatic rings. The quantitative estimate of drug-likeness (QED) is 0.801. The maximum Gasteiger partial charge on any atom is 0.311 e. The minimum atomic E-state index is -0.591. The van der Waals surface area contributed by atoms with Crippen LogP contribution in [0.25, 0.3) is 0 Å². The Morgan fingerprint density at radius 2 is 1.89 bits per heavy atom. The van der Waals surface area contributed by atoms with E-state index in [0.29, 0.717) is 10.7 Å². The molecular formula is C20H19ClN2O4. The van der Waals surface area contributed by atoms with Crippen LogP contribution in [0.4, 0.5) is 11.4 Å². The fourth-order valence-corrected chi connectivity index (χ4v) is 3.03. The van der Waals surface area contributed by atoms with Crippen molar-refractivity contribution in [3.8, 4) is 0 Å². The summed E-state index contributed by atoms with van der Waals surface area (Å²) >= 11 is 5.97. The van der Waals surface area contributed by atoms with Crippen LogP contribution in [0.5, 0.6) is 0 Å². The second kappa shape index (κ2) is 8.22. The summed E-state index contributed by atoms with van der Waals surface area (Å²) in [6, 6.07) is 14.3. The standard InChI is InChI=1S/C20H19ClN2O4/c1-13-6-8-15(9-7-13)23-11-14(10-19(23)25)20(26)27-12-18(24)22-17-5-3-2-4-16(17)21/h2-9,14H,10-12H2,1H3,(H,22,24). The van der Waals surface area contributed by atoms with Crippen LogP contribution in [0.2, 0.25) is 5.02 Å². The third-order valence-electron chi connectivity index (χ3n) is 4.30. The number of hydrogen-bond acceptors (Lipinski definition) is 4. The molecule has 1 heterocycles. The summed E-state index contributed by atoms with van der Waals surface area (Å²) in [5.41, 5.74) is 2.28. The van der Waals surface area contributed by atoms with Crippen LogP contribution in [-0.4, -0.2) is 30.9 Å². The molecule has 1 atom stereocenters. The lowest BCUT2D eigenvalue weighted by atomic mass is 10.1. The molecule has 0 aliphatic carbocycles. The molecule has 1 aliphatic heterocycles. The smallest absolute Gasteiger partial charge is 0.311 e. The van der Waals surface area contributed by atoms with Gasteiger partial charge in [0, 0.05) is 18.7 Å². The van der Waals surface area contributed by atoms with Crippen LogP contribution in [0.3, 0.4) is 0 Å². The van der Waals surface area contributed by atoms with E-state index in [2.05, 4.69) is 5.32 Å². The van der Waals surface area contributed by atoms with E-state index in [-0.39, 0.29) is 18.9 Å². The van der Waals surface area contributed by atoms with E-state index >= 15 is 0 Å². The molecule has 1 unspecified atom stereocenters. The predicted molar refractivity (Wildman–Crippen MR) is 103 cm³/mol. The third-order valence-corrected chi connectivity index (χ3v) is 4.63. The second-order valence-electron chi connectivity index (χ2n) is 6.38. The fraction of sp³-hybridized carbons (Fsp3) is 0.250. The first-order chi connectivity index (χ1) is 12.9. The Balaban J connectivity index is 1.53. The summed E-state index contributed by atoms with van der Waals surface area (Å²) in [5, 5.41) is 2.98. The molecule has 2 amide bonds. The van der Waals surface area contributed by atoms with E-state index in [9.17, 15) is 14.4 Å². The summed E-state index contributed by atoms with van der Waals surface area (Å²) in [4.78, 5) is 38.0. The number of esters is 1. The lowest BCUT2D eigenvalue weighted by molar-refractivity contribution is -0.151. The molecule has 0 saturated carbocycles. The SMILES string of the molecule is Cc1ccc(N2CC(C(=O)OCC(=O)Nc3ccccc3Cl)CC2=O)cc1. The molecule has 1 aliphatic rings. The van der Waals surface area contributed by atoms with Gasteiger partial charge in [-0.15, -0.1) is 0 Å². The van der Waals surface area contributed by atoms with Crippen LogP contribution in [0, 0.1) is 12.8 Å². The molecule has 27 heavy (non-hydrogen) atoms.